The van der Waals surface area contributed by atoms with Gasteiger partial charge in [-0.3, -0.25) is 4.68 Å². The highest BCUT2D eigenvalue weighted by Gasteiger charge is 2.12. The summed E-state index contributed by atoms with van der Waals surface area (Å²) in [5, 5.41) is 8.46. The van der Waals surface area contributed by atoms with E-state index in [4.69, 9.17) is 12.2 Å². The number of hydrogen-bond acceptors (Lipinski definition) is 3. The van der Waals surface area contributed by atoms with Crippen molar-refractivity contribution in [1.29, 1.82) is 0 Å². The van der Waals surface area contributed by atoms with E-state index in [-0.39, 0.29) is 0 Å². The van der Waals surface area contributed by atoms with Crippen LogP contribution in [0.5, 0.6) is 0 Å². The van der Waals surface area contributed by atoms with Gasteiger partial charge in [-0.05, 0) is 61.1 Å². The Balaban J connectivity index is 2.37. The van der Waals surface area contributed by atoms with E-state index >= 15 is 0 Å². The van der Waals surface area contributed by atoms with Crippen molar-refractivity contribution >= 4 is 33.3 Å². The lowest BCUT2D eigenvalue weighted by molar-refractivity contribution is 0.299. The Morgan fingerprint density at radius 2 is 2.05 bits per heavy atom. The van der Waals surface area contributed by atoms with Crippen LogP contribution in [0.1, 0.15) is 32.9 Å². The lowest BCUT2D eigenvalue weighted by Crippen LogP contribution is -2.38. The summed E-state index contributed by atoms with van der Waals surface area (Å²) in [4.78, 5) is 4.48. The van der Waals surface area contributed by atoms with Crippen molar-refractivity contribution in [2.24, 2.45) is 0 Å². The summed E-state index contributed by atoms with van der Waals surface area (Å²) in [6.45, 7) is 12.3. The molecule has 0 atom stereocenters. The number of halogens is 1. The second-order valence-corrected chi connectivity index (χ2v) is 6.46. The zero-order chi connectivity index (χ0) is 16.5. The highest BCUT2D eigenvalue weighted by atomic mass is 79.9. The van der Waals surface area contributed by atoms with Gasteiger partial charge in [0.25, 0.3) is 0 Å². The molecule has 0 saturated heterocycles. The number of rotatable bonds is 9. The number of aryl methyl sites for hydroxylation is 1. The zero-order valence-electron chi connectivity index (χ0n) is 14.1. The molecule has 1 rings (SSSR count). The standard InChI is InChI=1S/C15H28BrN5S/c1-5-20(6-2)10-8-9-17-15(22)19(4)12-14-13(16)11-18-21(14)7-3/h11H,5-10,12H2,1-4H3,(H,17,22). The third-order valence-corrected chi connectivity index (χ3v) is 4.87. The van der Waals surface area contributed by atoms with Crippen molar-refractivity contribution in [3.8, 4) is 0 Å². The van der Waals surface area contributed by atoms with E-state index in [1.165, 1.54) is 0 Å². The van der Waals surface area contributed by atoms with E-state index in [1.54, 1.807) is 0 Å². The van der Waals surface area contributed by atoms with Crippen LogP contribution < -0.4 is 5.32 Å². The minimum absolute atomic E-state index is 0.746. The molecule has 1 N–H and O–H groups in total. The molecule has 5 nitrogen and oxygen atoms in total. The molecule has 0 aromatic carbocycles. The van der Waals surface area contributed by atoms with E-state index in [0.29, 0.717) is 0 Å². The molecule has 1 aromatic rings. The van der Waals surface area contributed by atoms with Crippen molar-refractivity contribution in [3.05, 3.63) is 16.4 Å². The van der Waals surface area contributed by atoms with Gasteiger partial charge in [-0.15, -0.1) is 0 Å². The molecule has 0 amide bonds. The van der Waals surface area contributed by atoms with Crippen molar-refractivity contribution in [3.63, 3.8) is 0 Å². The molecule has 0 unspecified atom stereocenters. The third kappa shape index (κ3) is 5.85. The van der Waals surface area contributed by atoms with Crippen LogP contribution in [0.3, 0.4) is 0 Å². The predicted molar refractivity (Wildman–Crippen MR) is 100 cm³/mol. The van der Waals surface area contributed by atoms with Gasteiger partial charge in [-0.1, -0.05) is 13.8 Å². The Bertz CT molecular complexity index is 459. The average molecular weight is 390 g/mol. The summed E-state index contributed by atoms with van der Waals surface area (Å²) in [6, 6.07) is 0. The van der Waals surface area contributed by atoms with E-state index in [9.17, 15) is 0 Å². The van der Waals surface area contributed by atoms with Crippen molar-refractivity contribution < 1.29 is 0 Å². The normalized spacial score (nSPS) is 11.0. The van der Waals surface area contributed by atoms with Crippen LogP contribution in [-0.4, -0.2) is 57.9 Å². The Hall–Kier alpha value is -0.660. The molecule has 0 spiro atoms. The van der Waals surface area contributed by atoms with Gasteiger partial charge in [-0.25, -0.2) is 0 Å². The van der Waals surface area contributed by atoms with E-state index in [1.807, 2.05) is 17.9 Å². The topological polar surface area (TPSA) is 36.3 Å². The average Bonchev–Trinajstić information content (AvgIpc) is 2.87. The maximum absolute atomic E-state index is 5.46. The molecule has 0 bridgehead atoms. The third-order valence-electron chi connectivity index (χ3n) is 3.75. The number of hydrogen-bond donors (Lipinski definition) is 1. The molecule has 0 saturated carbocycles. The predicted octanol–water partition coefficient (Wildman–Crippen LogP) is 2.70. The first kappa shape index (κ1) is 19.4. The summed E-state index contributed by atoms with van der Waals surface area (Å²) >= 11 is 9.02. The number of aromatic nitrogens is 2. The Labute approximate surface area is 148 Å². The first-order chi connectivity index (χ1) is 10.5. The quantitative estimate of drug-likeness (QED) is 0.518. The van der Waals surface area contributed by atoms with Crippen molar-refractivity contribution in [2.75, 3.05) is 33.2 Å². The van der Waals surface area contributed by atoms with Gasteiger partial charge in [0, 0.05) is 20.1 Å². The fourth-order valence-corrected chi connectivity index (χ4v) is 2.88. The second kappa shape index (κ2) is 10.2. The number of nitrogens with one attached hydrogen (secondary N) is 1. The van der Waals surface area contributed by atoms with Gasteiger partial charge in [0.15, 0.2) is 5.11 Å². The molecule has 1 heterocycles. The molecular weight excluding hydrogens is 362 g/mol. The molecule has 0 fully saturated rings. The maximum Gasteiger partial charge on any atom is 0.169 e. The minimum Gasteiger partial charge on any atom is -0.363 e. The van der Waals surface area contributed by atoms with E-state index in [0.717, 1.165) is 61.0 Å². The molecular formula is C15H28BrN5S. The van der Waals surface area contributed by atoms with Gasteiger partial charge in [0.2, 0.25) is 0 Å². The first-order valence-electron chi connectivity index (χ1n) is 7.94. The van der Waals surface area contributed by atoms with Crippen molar-refractivity contribution in [2.45, 2.75) is 40.3 Å². The van der Waals surface area contributed by atoms with E-state index in [2.05, 4.69) is 56.9 Å². The molecule has 0 aliphatic carbocycles. The Morgan fingerprint density at radius 3 is 2.64 bits per heavy atom. The molecule has 0 aliphatic heterocycles. The number of thiocarbonyl (C=S) groups is 1. The van der Waals surface area contributed by atoms with Crippen LogP contribution in [0.2, 0.25) is 0 Å². The first-order valence-corrected chi connectivity index (χ1v) is 9.15. The molecule has 0 radical (unpaired) electrons. The van der Waals surface area contributed by atoms with E-state index < -0.39 is 0 Å². The second-order valence-electron chi connectivity index (χ2n) is 5.22. The summed E-state index contributed by atoms with van der Waals surface area (Å²) in [5.74, 6) is 0. The van der Waals surface area contributed by atoms with Gasteiger partial charge >= 0.3 is 0 Å². The van der Waals surface area contributed by atoms with Gasteiger partial charge in [0.05, 0.1) is 22.9 Å². The van der Waals surface area contributed by atoms with Gasteiger partial charge in [0.1, 0.15) is 0 Å². The van der Waals surface area contributed by atoms with Gasteiger partial charge < -0.3 is 15.1 Å². The Kier molecular flexibility index (Phi) is 8.97. The summed E-state index contributed by atoms with van der Waals surface area (Å²) in [7, 11) is 2.01. The monoisotopic (exact) mass is 389 g/mol. The van der Waals surface area contributed by atoms with Crippen LogP contribution >= 0.6 is 28.1 Å². The van der Waals surface area contributed by atoms with Crippen molar-refractivity contribution in [1.82, 2.24) is 24.9 Å². The largest absolute Gasteiger partial charge is 0.363 e. The minimum atomic E-state index is 0.746. The van der Waals surface area contributed by atoms with Crippen LogP contribution in [0.15, 0.2) is 10.7 Å². The summed E-state index contributed by atoms with van der Waals surface area (Å²) in [6.07, 6.45) is 2.94. The molecule has 22 heavy (non-hydrogen) atoms. The molecule has 0 aliphatic rings. The lowest BCUT2D eigenvalue weighted by atomic mass is 10.3. The van der Waals surface area contributed by atoms with Gasteiger partial charge in [-0.2, -0.15) is 5.10 Å². The van der Waals surface area contributed by atoms with Crippen LogP contribution in [0.25, 0.3) is 0 Å². The molecule has 7 heteroatoms. The summed E-state index contributed by atoms with van der Waals surface area (Å²) in [5.41, 5.74) is 1.15. The van der Waals surface area contributed by atoms with Crippen LogP contribution in [-0.2, 0) is 13.1 Å². The fourth-order valence-electron chi connectivity index (χ4n) is 2.29. The van der Waals surface area contributed by atoms with Crippen LogP contribution in [0, 0.1) is 0 Å². The smallest absolute Gasteiger partial charge is 0.169 e. The molecule has 1 aromatic heterocycles. The Morgan fingerprint density at radius 1 is 1.36 bits per heavy atom. The lowest BCUT2D eigenvalue weighted by Gasteiger charge is -2.23. The van der Waals surface area contributed by atoms with Crippen LogP contribution in [0.4, 0.5) is 0 Å². The SMILES string of the molecule is CCN(CC)CCCNC(=S)N(C)Cc1c(Br)cnn1CC. The highest BCUT2D eigenvalue weighted by molar-refractivity contribution is 9.10. The maximum atomic E-state index is 5.46. The highest BCUT2D eigenvalue weighted by Crippen LogP contribution is 2.17. The zero-order valence-corrected chi connectivity index (χ0v) is 16.5. The number of nitrogens with zero attached hydrogens (tertiary/aromatic N) is 4. The molecule has 126 valence electrons. The fraction of sp³-hybridized carbons (Fsp3) is 0.733. The summed E-state index contributed by atoms with van der Waals surface area (Å²) < 4.78 is 3.02.